The van der Waals surface area contributed by atoms with Crippen molar-refractivity contribution in [3.63, 3.8) is 0 Å². The Morgan fingerprint density at radius 1 is 1.65 bits per heavy atom. The number of aliphatic carboxylic acids is 1. The van der Waals surface area contributed by atoms with Gasteiger partial charge in [0.1, 0.15) is 6.04 Å². The van der Waals surface area contributed by atoms with E-state index in [4.69, 9.17) is 9.84 Å². The monoisotopic (exact) mass is 243 g/mol. The maximum atomic E-state index is 11.1. The van der Waals surface area contributed by atoms with E-state index < -0.39 is 12.0 Å². The van der Waals surface area contributed by atoms with Crippen molar-refractivity contribution in [1.29, 1.82) is 0 Å². The summed E-state index contributed by atoms with van der Waals surface area (Å²) < 4.78 is 5.81. The Labute approximate surface area is 101 Å². The lowest BCUT2D eigenvalue weighted by Gasteiger charge is -2.36. The summed E-state index contributed by atoms with van der Waals surface area (Å²) in [5.41, 5.74) is -0.305. The summed E-state index contributed by atoms with van der Waals surface area (Å²) in [6.07, 6.45) is 2.47. The van der Waals surface area contributed by atoms with Crippen LogP contribution < -0.4 is 0 Å². The van der Waals surface area contributed by atoms with Gasteiger partial charge in [-0.3, -0.25) is 9.69 Å². The summed E-state index contributed by atoms with van der Waals surface area (Å²) in [6.45, 7) is 3.85. The van der Waals surface area contributed by atoms with Gasteiger partial charge >= 0.3 is 5.97 Å². The SMILES string of the molecule is CC[C@H](C(=O)O)N1CC[C@@]2(C[C@@H](O)CCO2)C1. The van der Waals surface area contributed by atoms with Gasteiger partial charge in [-0.2, -0.15) is 0 Å². The maximum absolute atomic E-state index is 11.1. The number of hydrogen-bond donors (Lipinski definition) is 2. The third kappa shape index (κ3) is 2.61. The molecule has 0 bridgehead atoms. The lowest BCUT2D eigenvalue weighted by molar-refractivity contribution is -0.144. The van der Waals surface area contributed by atoms with E-state index in [-0.39, 0.29) is 11.7 Å². The van der Waals surface area contributed by atoms with Gasteiger partial charge in [0, 0.05) is 26.1 Å². The molecule has 1 spiro atoms. The van der Waals surface area contributed by atoms with Crippen molar-refractivity contribution in [3.05, 3.63) is 0 Å². The second-order valence-electron chi connectivity index (χ2n) is 5.16. The summed E-state index contributed by atoms with van der Waals surface area (Å²) in [7, 11) is 0. The molecule has 0 aromatic heterocycles. The van der Waals surface area contributed by atoms with Crippen LogP contribution in [0.5, 0.6) is 0 Å². The van der Waals surface area contributed by atoms with Crippen molar-refractivity contribution in [2.24, 2.45) is 0 Å². The number of hydrogen-bond acceptors (Lipinski definition) is 4. The molecule has 0 amide bonds. The van der Waals surface area contributed by atoms with Gasteiger partial charge in [-0.25, -0.2) is 0 Å². The minimum absolute atomic E-state index is 0.298. The number of aliphatic hydroxyl groups excluding tert-OH is 1. The number of aliphatic hydroxyl groups is 1. The molecule has 2 aliphatic heterocycles. The molecule has 2 heterocycles. The highest BCUT2D eigenvalue weighted by molar-refractivity contribution is 5.73. The van der Waals surface area contributed by atoms with E-state index in [1.54, 1.807) is 0 Å². The second kappa shape index (κ2) is 4.92. The van der Waals surface area contributed by atoms with E-state index in [1.807, 2.05) is 11.8 Å². The molecule has 0 radical (unpaired) electrons. The Morgan fingerprint density at radius 2 is 2.41 bits per heavy atom. The van der Waals surface area contributed by atoms with Crippen molar-refractivity contribution >= 4 is 5.97 Å². The number of carboxylic acids is 1. The third-order valence-corrected chi connectivity index (χ3v) is 3.93. The fourth-order valence-electron chi connectivity index (χ4n) is 3.02. The standard InChI is InChI=1S/C12H21NO4/c1-2-10(11(15)16)13-5-4-12(8-13)7-9(14)3-6-17-12/h9-10,14H,2-8H2,1H3,(H,15,16)/t9-,10+,12+/m0/s1. The fraction of sp³-hybridized carbons (Fsp3) is 0.917. The molecule has 2 aliphatic rings. The predicted octanol–water partition coefficient (Wildman–Crippen LogP) is 0.465. The lowest BCUT2D eigenvalue weighted by Crippen LogP contribution is -2.47. The molecule has 0 aromatic rings. The number of ether oxygens (including phenoxy) is 1. The molecule has 2 fully saturated rings. The van der Waals surface area contributed by atoms with E-state index in [0.717, 1.165) is 13.0 Å². The molecule has 2 N–H and O–H groups in total. The quantitative estimate of drug-likeness (QED) is 0.754. The van der Waals surface area contributed by atoms with Crippen LogP contribution in [0.1, 0.15) is 32.6 Å². The highest BCUT2D eigenvalue weighted by Crippen LogP contribution is 2.35. The topological polar surface area (TPSA) is 70.0 Å². The largest absolute Gasteiger partial charge is 0.480 e. The number of likely N-dealkylation sites (tertiary alicyclic amines) is 1. The Bertz CT molecular complexity index is 296. The summed E-state index contributed by atoms with van der Waals surface area (Å²) in [5, 5.41) is 18.9. The van der Waals surface area contributed by atoms with Gasteiger partial charge in [0.05, 0.1) is 11.7 Å². The zero-order chi connectivity index (χ0) is 12.5. The molecule has 0 unspecified atom stereocenters. The average molecular weight is 243 g/mol. The van der Waals surface area contributed by atoms with E-state index >= 15 is 0 Å². The van der Waals surface area contributed by atoms with Gasteiger partial charge in [0.25, 0.3) is 0 Å². The van der Waals surface area contributed by atoms with Crippen molar-refractivity contribution in [3.8, 4) is 0 Å². The van der Waals surface area contributed by atoms with E-state index in [2.05, 4.69) is 0 Å². The molecule has 3 atom stereocenters. The van der Waals surface area contributed by atoms with Crippen LogP contribution in [-0.4, -0.2) is 58.5 Å². The molecule has 5 heteroatoms. The minimum Gasteiger partial charge on any atom is -0.480 e. The van der Waals surface area contributed by atoms with Crippen molar-refractivity contribution in [1.82, 2.24) is 4.90 Å². The van der Waals surface area contributed by atoms with Gasteiger partial charge in [-0.1, -0.05) is 6.92 Å². The number of carbonyl (C=O) groups is 1. The van der Waals surface area contributed by atoms with Crippen LogP contribution in [0, 0.1) is 0 Å². The average Bonchev–Trinajstić information content (AvgIpc) is 2.62. The smallest absolute Gasteiger partial charge is 0.320 e. The molecular weight excluding hydrogens is 222 g/mol. The fourth-order valence-corrected chi connectivity index (χ4v) is 3.02. The van der Waals surface area contributed by atoms with Crippen LogP contribution in [0.2, 0.25) is 0 Å². The first-order valence-electron chi connectivity index (χ1n) is 6.35. The molecule has 0 saturated carbocycles. The van der Waals surface area contributed by atoms with Crippen LogP contribution in [0.15, 0.2) is 0 Å². The molecule has 2 rings (SSSR count). The molecule has 98 valence electrons. The van der Waals surface area contributed by atoms with Gasteiger partial charge in [-0.05, 0) is 19.3 Å². The third-order valence-electron chi connectivity index (χ3n) is 3.93. The Morgan fingerprint density at radius 3 is 3.00 bits per heavy atom. The summed E-state index contributed by atoms with van der Waals surface area (Å²) in [5.74, 6) is -0.763. The second-order valence-corrected chi connectivity index (χ2v) is 5.16. The summed E-state index contributed by atoms with van der Waals surface area (Å²) in [4.78, 5) is 13.1. The summed E-state index contributed by atoms with van der Waals surface area (Å²) in [6, 6.07) is -0.419. The zero-order valence-corrected chi connectivity index (χ0v) is 10.3. The van der Waals surface area contributed by atoms with Crippen LogP contribution in [-0.2, 0) is 9.53 Å². The Hall–Kier alpha value is -0.650. The van der Waals surface area contributed by atoms with Gasteiger partial charge in [-0.15, -0.1) is 0 Å². The van der Waals surface area contributed by atoms with Crippen molar-refractivity contribution in [2.45, 2.75) is 50.4 Å². The predicted molar refractivity (Wildman–Crippen MR) is 61.8 cm³/mol. The maximum Gasteiger partial charge on any atom is 0.320 e. The molecule has 5 nitrogen and oxygen atoms in total. The van der Waals surface area contributed by atoms with Crippen molar-refractivity contribution in [2.75, 3.05) is 19.7 Å². The molecule has 2 saturated heterocycles. The van der Waals surface area contributed by atoms with Crippen LogP contribution in [0.4, 0.5) is 0 Å². The van der Waals surface area contributed by atoms with E-state index in [0.29, 0.717) is 32.4 Å². The normalized spacial score (nSPS) is 36.2. The lowest BCUT2D eigenvalue weighted by atomic mass is 9.91. The first kappa shape index (κ1) is 12.8. The molecule has 17 heavy (non-hydrogen) atoms. The number of carboxylic acid groups (broad SMARTS) is 1. The number of rotatable bonds is 3. The molecule has 0 aromatic carbocycles. The zero-order valence-electron chi connectivity index (χ0n) is 10.3. The Kier molecular flexibility index (Phi) is 3.70. The van der Waals surface area contributed by atoms with Crippen LogP contribution >= 0.6 is 0 Å². The van der Waals surface area contributed by atoms with Crippen molar-refractivity contribution < 1.29 is 19.7 Å². The first-order chi connectivity index (χ1) is 8.06. The van der Waals surface area contributed by atoms with E-state index in [9.17, 15) is 9.90 Å². The minimum atomic E-state index is -0.763. The Balaban J connectivity index is 2.00. The molecule has 0 aliphatic carbocycles. The summed E-state index contributed by atoms with van der Waals surface area (Å²) >= 11 is 0. The highest BCUT2D eigenvalue weighted by atomic mass is 16.5. The van der Waals surface area contributed by atoms with Crippen LogP contribution in [0.3, 0.4) is 0 Å². The number of nitrogens with zero attached hydrogens (tertiary/aromatic N) is 1. The van der Waals surface area contributed by atoms with Gasteiger partial charge < -0.3 is 14.9 Å². The van der Waals surface area contributed by atoms with Crippen LogP contribution in [0.25, 0.3) is 0 Å². The van der Waals surface area contributed by atoms with Gasteiger partial charge in [0.2, 0.25) is 0 Å². The first-order valence-corrected chi connectivity index (χ1v) is 6.35. The molecular formula is C12H21NO4. The van der Waals surface area contributed by atoms with Gasteiger partial charge in [0.15, 0.2) is 0 Å². The highest BCUT2D eigenvalue weighted by Gasteiger charge is 2.45. The van der Waals surface area contributed by atoms with E-state index in [1.165, 1.54) is 0 Å².